The highest BCUT2D eigenvalue weighted by atomic mass is 16.2. The SMILES string of the molecule is CC(NC(=O)C(C)(C)C)C(=O)NCCc1nnc2ccccn12. The molecule has 0 radical (unpaired) electrons. The molecule has 2 heterocycles. The molecule has 1 unspecified atom stereocenters. The topological polar surface area (TPSA) is 88.4 Å². The minimum atomic E-state index is -0.572. The van der Waals surface area contributed by atoms with Gasteiger partial charge in [0.25, 0.3) is 0 Å². The van der Waals surface area contributed by atoms with Gasteiger partial charge >= 0.3 is 0 Å². The molecule has 2 aromatic rings. The Kier molecular flexibility index (Phi) is 4.98. The van der Waals surface area contributed by atoms with E-state index in [1.54, 1.807) is 6.92 Å². The van der Waals surface area contributed by atoms with E-state index < -0.39 is 11.5 Å². The van der Waals surface area contributed by atoms with Crippen LogP contribution in [0.25, 0.3) is 5.65 Å². The zero-order valence-corrected chi connectivity index (χ0v) is 14.0. The Balaban J connectivity index is 1.84. The quantitative estimate of drug-likeness (QED) is 0.859. The molecule has 0 spiro atoms. The van der Waals surface area contributed by atoms with Gasteiger partial charge in [0.2, 0.25) is 11.8 Å². The summed E-state index contributed by atoms with van der Waals surface area (Å²) in [7, 11) is 0. The van der Waals surface area contributed by atoms with Crippen molar-refractivity contribution in [2.75, 3.05) is 6.54 Å². The Morgan fingerprint density at radius 2 is 2.00 bits per heavy atom. The molecule has 2 aromatic heterocycles. The Morgan fingerprint density at radius 1 is 1.26 bits per heavy atom. The summed E-state index contributed by atoms with van der Waals surface area (Å²) in [5.74, 6) is 0.423. The van der Waals surface area contributed by atoms with Crippen LogP contribution in [0.5, 0.6) is 0 Å². The number of nitrogens with one attached hydrogen (secondary N) is 2. The van der Waals surface area contributed by atoms with E-state index in [-0.39, 0.29) is 11.8 Å². The summed E-state index contributed by atoms with van der Waals surface area (Å²) in [5, 5.41) is 13.7. The molecular formula is C16H23N5O2. The number of carbonyl (C=O) groups excluding carboxylic acids is 2. The van der Waals surface area contributed by atoms with Crippen LogP contribution >= 0.6 is 0 Å². The molecule has 2 N–H and O–H groups in total. The van der Waals surface area contributed by atoms with Crippen molar-refractivity contribution in [2.24, 2.45) is 5.41 Å². The molecule has 0 aliphatic heterocycles. The zero-order valence-electron chi connectivity index (χ0n) is 14.0. The second-order valence-corrected chi connectivity index (χ2v) is 6.53. The molecule has 2 amide bonds. The van der Waals surface area contributed by atoms with Crippen molar-refractivity contribution in [2.45, 2.75) is 40.2 Å². The van der Waals surface area contributed by atoms with Gasteiger partial charge in [-0.15, -0.1) is 10.2 Å². The normalized spacial score (nSPS) is 12.9. The molecule has 124 valence electrons. The minimum Gasteiger partial charge on any atom is -0.354 e. The van der Waals surface area contributed by atoms with Crippen LogP contribution in [0.1, 0.15) is 33.5 Å². The first-order chi connectivity index (χ1) is 10.8. The summed E-state index contributed by atoms with van der Waals surface area (Å²) >= 11 is 0. The predicted molar refractivity (Wildman–Crippen MR) is 86.8 cm³/mol. The number of hydrogen-bond donors (Lipinski definition) is 2. The van der Waals surface area contributed by atoms with E-state index >= 15 is 0 Å². The Hall–Kier alpha value is -2.44. The molecule has 0 saturated carbocycles. The summed E-state index contributed by atoms with van der Waals surface area (Å²) < 4.78 is 1.89. The molecule has 2 rings (SSSR count). The van der Waals surface area contributed by atoms with Crippen LogP contribution in [0.15, 0.2) is 24.4 Å². The van der Waals surface area contributed by atoms with E-state index in [0.29, 0.717) is 13.0 Å². The molecule has 0 saturated heterocycles. The lowest BCUT2D eigenvalue weighted by atomic mass is 9.95. The number of carbonyl (C=O) groups is 2. The molecule has 0 aromatic carbocycles. The fourth-order valence-electron chi connectivity index (χ4n) is 1.99. The number of amides is 2. The number of hydrogen-bond acceptors (Lipinski definition) is 4. The lowest BCUT2D eigenvalue weighted by molar-refractivity contribution is -0.133. The van der Waals surface area contributed by atoms with E-state index in [1.165, 1.54) is 0 Å². The first-order valence-electron chi connectivity index (χ1n) is 7.66. The third kappa shape index (κ3) is 4.28. The van der Waals surface area contributed by atoms with Gasteiger partial charge in [0.05, 0.1) is 0 Å². The van der Waals surface area contributed by atoms with Crippen LogP contribution in [0.4, 0.5) is 0 Å². The highest BCUT2D eigenvalue weighted by Crippen LogP contribution is 2.12. The van der Waals surface area contributed by atoms with Crippen molar-refractivity contribution in [1.82, 2.24) is 25.2 Å². The molecule has 0 aliphatic carbocycles. The Morgan fingerprint density at radius 3 is 2.70 bits per heavy atom. The second-order valence-electron chi connectivity index (χ2n) is 6.53. The van der Waals surface area contributed by atoms with Gasteiger partial charge in [0.15, 0.2) is 5.65 Å². The molecule has 0 bridgehead atoms. The fourth-order valence-corrected chi connectivity index (χ4v) is 1.99. The van der Waals surface area contributed by atoms with E-state index in [0.717, 1.165) is 11.5 Å². The molecule has 0 fully saturated rings. The van der Waals surface area contributed by atoms with Gasteiger partial charge in [-0.25, -0.2) is 0 Å². The zero-order chi connectivity index (χ0) is 17.0. The molecule has 7 heteroatoms. The average molecular weight is 317 g/mol. The van der Waals surface area contributed by atoms with Gasteiger partial charge in [0.1, 0.15) is 11.9 Å². The summed E-state index contributed by atoms with van der Waals surface area (Å²) in [5.41, 5.74) is 0.259. The van der Waals surface area contributed by atoms with Crippen LogP contribution in [0.2, 0.25) is 0 Å². The molecule has 23 heavy (non-hydrogen) atoms. The van der Waals surface area contributed by atoms with Crippen LogP contribution in [0.3, 0.4) is 0 Å². The Labute approximate surface area is 135 Å². The smallest absolute Gasteiger partial charge is 0.242 e. The van der Waals surface area contributed by atoms with Crippen molar-refractivity contribution in [3.8, 4) is 0 Å². The van der Waals surface area contributed by atoms with Gasteiger partial charge in [0, 0.05) is 24.6 Å². The van der Waals surface area contributed by atoms with E-state index in [4.69, 9.17) is 0 Å². The standard InChI is InChI=1S/C16H23N5O2/c1-11(18-15(23)16(2,3)4)14(22)17-9-8-13-20-19-12-7-5-6-10-21(12)13/h5-7,10-11H,8-9H2,1-4H3,(H,17,22)(H,18,23). The first-order valence-corrected chi connectivity index (χ1v) is 7.66. The van der Waals surface area contributed by atoms with Crippen molar-refractivity contribution in [1.29, 1.82) is 0 Å². The van der Waals surface area contributed by atoms with Crippen LogP contribution in [-0.4, -0.2) is 39.0 Å². The summed E-state index contributed by atoms with van der Waals surface area (Å²) in [6.45, 7) is 7.53. The van der Waals surface area contributed by atoms with Gasteiger partial charge in [-0.05, 0) is 19.1 Å². The predicted octanol–water partition coefficient (Wildman–Crippen LogP) is 0.939. The largest absolute Gasteiger partial charge is 0.354 e. The van der Waals surface area contributed by atoms with Crippen LogP contribution in [0, 0.1) is 5.41 Å². The minimum absolute atomic E-state index is 0.149. The maximum atomic E-state index is 12.0. The van der Waals surface area contributed by atoms with E-state index in [2.05, 4.69) is 20.8 Å². The van der Waals surface area contributed by atoms with Gasteiger partial charge in [-0.1, -0.05) is 26.8 Å². The van der Waals surface area contributed by atoms with Crippen molar-refractivity contribution < 1.29 is 9.59 Å². The molecule has 0 aliphatic rings. The third-order valence-corrected chi connectivity index (χ3v) is 3.45. The van der Waals surface area contributed by atoms with Gasteiger partial charge < -0.3 is 10.6 Å². The fraction of sp³-hybridized carbons (Fsp3) is 0.500. The third-order valence-electron chi connectivity index (χ3n) is 3.45. The maximum Gasteiger partial charge on any atom is 0.242 e. The molecule has 1 atom stereocenters. The van der Waals surface area contributed by atoms with Crippen LogP contribution < -0.4 is 10.6 Å². The van der Waals surface area contributed by atoms with E-state index in [1.807, 2.05) is 49.6 Å². The number of pyridine rings is 1. The summed E-state index contributed by atoms with van der Waals surface area (Å²) in [6.07, 6.45) is 2.45. The van der Waals surface area contributed by atoms with Gasteiger partial charge in [-0.2, -0.15) is 0 Å². The molecule has 7 nitrogen and oxygen atoms in total. The highest BCUT2D eigenvalue weighted by Gasteiger charge is 2.24. The monoisotopic (exact) mass is 317 g/mol. The summed E-state index contributed by atoms with van der Waals surface area (Å²) in [4.78, 5) is 23.9. The highest BCUT2D eigenvalue weighted by molar-refractivity contribution is 5.89. The number of aromatic nitrogens is 3. The lowest BCUT2D eigenvalue weighted by Gasteiger charge is -2.21. The van der Waals surface area contributed by atoms with Crippen molar-refractivity contribution >= 4 is 17.5 Å². The van der Waals surface area contributed by atoms with Crippen LogP contribution in [-0.2, 0) is 16.0 Å². The Bertz CT molecular complexity index is 702. The van der Waals surface area contributed by atoms with E-state index in [9.17, 15) is 9.59 Å². The average Bonchev–Trinajstić information content (AvgIpc) is 2.89. The number of nitrogens with zero attached hydrogens (tertiary/aromatic N) is 3. The molecular weight excluding hydrogens is 294 g/mol. The first kappa shape index (κ1) is 16.9. The summed E-state index contributed by atoms with van der Waals surface area (Å²) in [6, 6.07) is 5.11. The lowest BCUT2D eigenvalue weighted by Crippen LogP contribution is -2.48. The number of rotatable bonds is 5. The number of fused-ring (bicyclic) bond motifs is 1. The maximum absolute atomic E-state index is 12.0. The van der Waals surface area contributed by atoms with Gasteiger partial charge in [-0.3, -0.25) is 14.0 Å². The van der Waals surface area contributed by atoms with Crippen molar-refractivity contribution in [3.63, 3.8) is 0 Å². The van der Waals surface area contributed by atoms with Crippen molar-refractivity contribution in [3.05, 3.63) is 30.2 Å². The second kappa shape index (κ2) is 6.76.